The topological polar surface area (TPSA) is 67.3 Å². The van der Waals surface area contributed by atoms with Crippen molar-refractivity contribution in [2.24, 2.45) is 0 Å². The van der Waals surface area contributed by atoms with Gasteiger partial charge < -0.3 is 15.0 Å². The fraction of sp³-hybridized carbons (Fsp3) is 0.545. The second kappa shape index (κ2) is 4.37. The molecule has 0 saturated carbocycles. The Hall–Kier alpha value is -1.40. The molecule has 0 amide bonds. The number of carbonyl (C=O) groups is 1. The molecule has 0 radical (unpaired) electrons. The van der Waals surface area contributed by atoms with Gasteiger partial charge in [-0.05, 0) is 6.42 Å². The third-order valence-electron chi connectivity index (χ3n) is 3.49. The Labute approximate surface area is 109 Å². The van der Waals surface area contributed by atoms with Gasteiger partial charge in [0, 0.05) is 31.2 Å². The number of esters is 1. The van der Waals surface area contributed by atoms with E-state index in [-0.39, 0.29) is 10.7 Å². The number of ether oxygens (including phenoxy) is 1. The van der Waals surface area contributed by atoms with Crippen molar-refractivity contribution < 1.29 is 9.53 Å². The molecule has 0 unspecified atom stereocenters. The molecule has 2 aliphatic heterocycles. The highest BCUT2D eigenvalue weighted by molar-refractivity contribution is 6.32. The number of nitrogens with one attached hydrogen (secondary N) is 1. The van der Waals surface area contributed by atoms with Crippen LogP contribution in [0.25, 0.3) is 0 Å². The summed E-state index contributed by atoms with van der Waals surface area (Å²) in [6.45, 7) is 1.84. The summed E-state index contributed by atoms with van der Waals surface area (Å²) in [7, 11) is 1.32. The average molecular weight is 269 g/mol. The number of aromatic nitrogens is 2. The summed E-state index contributed by atoms with van der Waals surface area (Å²) >= 11 is 5.85. The lowest BCUT2D eigenvalue weighted by molar-refractivity contribution is 0.0600. The molecule has 6 nitrogen and oxygen atoms in total. The Bertz CT molecular complexity index is 496. The molecule has 0 aromatic carbocycles. The zero-order valence-corrected chi connectivity index (χ0v) is 10.6. The van der Waals surface area contributed by atoms with Gasteiger partial charge in [-0.2, -0.15) is 0 Å². The van der Waals surface area contributed by atoms with Crippen LogP contribution in [-0.2, 0) is 4.74 Å². The maximum absolute atomic E-state index is 11.6. The highest BCUT2D eigenvalue weighted by atomic mass is 35.5. The number of hydrogen-bond acceptors (Lipinski definition) is 6. The van der Waals surface area contributed by atoms with Crippen LogP contribution < -0.4 is 10.2 Å². The standard InChI is InChI=1S/C11H13ClN4O2/c1-18-11(17)8-3-9(14-15-10(8)12)16-5-6-2-7(16)4-13-6/h3,6-7,13H,2,4-5H2,1H3/t6-,7-/m0/s1. The maximum atomic E-state index is 11.6. The monoisotopic (exact) mass is 268 g/mol. The first-order valence-electron chi connectivity index (χ1n) is 5.80. The van der Waals surface area contributed by atoms with Crippen molar-refractivity contribution in [3.05, 3.63) is 16.8 Å². The van der Waals surface area contributed by atoms with Crippen LogP contribution in [-0.4, -0.2) is 48.4 Å². The number of rotatable bonds is 2. The van der Waals surface area contributed by atoms with E-state index in [0.717, 1.165) is 19.5 Å². The number of piperazine rings is 1. The molecule has 3 heterocycles. The van der Waals surface area contributed by atoms with Crippen molar-refractivity contribution in [2.75, 3.05) is 25.1 Å². The van der Waals surface area contributed by atoms with Crippen LogP contribution in [0, 0.1) is 0 Å². The number of halogens is 1. The molecule has 1 N–H and O–H groups in total. The van der Waals surface area contributed by atoms with Crippen LogP contribution in [0.15, 0.2) is 6.07 Å². The molecular formula is C11H13ClN4O2. The number of nitrogens with zero attached hydrogens (tertiary/aromatic N) is 3. The largest absolute Gasteiger partial charge is 0.465 e. The highest BCUT2D eigenvalue weighted by Gasteiger charge is 2.38. The van der Waals surface area contributed by atoms with Crippen molar-refractivity contribution >= 4 is 23.4 Å². The smallest absolute Gasteiger partial charge is 0.341 e. The quantitative estimate of drug-likeness (QED) is 0.787. The lowest BCUT2D eigenvalue weighted by Gasteiger charge is -2.28. The summed E-state index contributed by atoms with van der Waals surface area (Å²) in [5, 5.41) is 11.4. The molecule has 2 bridgehead atoms. The van der Waals surface area contributed by atoms with Crippen molar-refractivity contribution in [2.45, 2.75) is 18.5 Å². The van der Waals surface area contributed by atoms with E-state index < -0.39 is 5.97 Å². The number of fused-ring (bicyclic) bond motifs is 2. The number of carbonyl (C=O) groups excluding carboxylic acids is 1. The summed E-state index contributed by atoms with van der Waals surface area (Å²) in [6.07, 6.45) is 1.11. The van der Waals surface area contributed by atoms with Crippen molar-refractivity contribution in [1.29, 1.82) is 0 Å². The van der Waals surface area contributed by atoms with Gasteiger partial charge in [0.2, 0.25) is 0 Å². The second-order valence-electron chi connectivity index (χ2n) is 4.55. The third-order valence-corrected chi connectivity index (χ3v) is 3.77. The molecular weight excluding hydrogens is 256 g/mol. The van der Waals surface area contributed by atoms with E-state index in [4.69, 9.17) is 11.6 Å². The molecule has 0 aliphatic carbocycles. The minimum absolute atomic E-state index is 0.0769. The minimum atomic E-state index is -0.487. The Morgan fingerprint density at radius 3 is 3.06 bits per heavy atom. The normalized spacial score (nSPS) is 25.6. The van der Waals surface area contributed by atoms with Gasteiger partial charge in [0.15, 0.2) is 11.0 Å². The van der Waals surface area contributed by atoms with Gasteiger partial charge in [-0.1, -0.05) is 11.6 Å². The number of hydrogen-bond donors (Lipinski definition) is 1. The van der Waals surface area contributed by atoms with Crippen molar-refractivity contribution in [3.8, 4) is 0 Å². The van der Waals surface area contributed by atoms with Crippen LogP contribution in [0.4, 0.5) is 5.82 Å². The van der Waals surface area contributed by atoms with Gasteiger partial charge in [-0.25, -0.2) is 4.79 Å². The first-order chi connectivity index (χ1) is 8.69. The Kier molecular flexibility index (Phi) is 2.83. The Morgan fingerprint density at radius 1 is 1.61 bits per heavy atom. The van der Waals surface area contributed by atoms with E-state index in [0.29, 0.717) is 17.9 Å². The van der Waals surface area contributed by atoms with E-state index >= 15 is 0 Å². The average Bonchev–Trinajstić information content (AvgIpc) is 3.00. The SMILES string of the molecule is COC(=O)c1cc(N2C[C@@H]3C[C@H]2CN3)nnc1Cl. The van der Waals surface area contributed by atoms with E-state index in [1.807, 2.05) is 0 Å². The molecule has 2 fully saturated rings. The second-order valence-corrected chi connectivity index (χ2v) is 4.90. The molecule has 2 aliphatic rings. The van der Waals surface area contributed by atoms with Crippen LogP contribution in [0.2, 0.25) is 5.15 Å². The predicted octanol–water partition coefficient (Wildman–Crippen LogP) is 0.467. The number of methoxy groups -OCH3 is 1. The lowest BCUT2D eigenvalue weighted by atomic mass is 10.2. The van der Waals surface area contributed by atoms with Crippen molar-refractivity contribution in [3.63, 3.8) is 0 Å². The molecule has 2 atom stereocenters. The van der Waals surface area contributed by atoms with Gasteiger partial charge in [-0.15, -0.1) is 10.2 Å². The van der Waals surface area contributed by atoms with E-state index in [2.05, 4.69) is 25.2 Å². The highest BCUT2D eigenvalue weighted by Crippen LogP contribution is 2.29. The first kappa shape index (κ1) is 11.7. The van der Waals surface area contributed by atoms with Crippen LogP contribution in [0.3, 0.4) is 0 Å². The predicted molar refractivity (Wildman–Crippen MR) is 65.9 cm³/mol. The maximum Gasteiger partial charge on any atom is 0.341 e. The third kappa shape index (κ3) is 1.81. The minimum Gasteiger partial charge on any atom is -0.465 e. The molecule has 0 spiro atoms. The first-order valence-corrected chi connectivity index (χ1v) is 6.18. The molecule has 1 aromatic rings. The molecule has 96 valence electrons. The molecule has 2 saturated heterocycles. The summed E-state index contributed by atoms with van der Waals surface area (Å²) in [6, 6.07) is 2.59. The van der Waals surface area contributed by atoms with E-state index in [1.54, 1.807) is 6.07 Å². The Morgan fingerprint density at radius 2 is 2.44 bits per heavy atom. The van der Waals surface area contributed by atoms with Gasteiger partial charge in [0.05, 0.1) is 7.11 Å². The molecule has 3 rings (SSSR count). The van der Waals surface area contributed by atoms with Crippen molar-refractivity contribution in [1.82, 2.24) is 15.5 Å². The zero-order valence-electron chi connectivity index (χ0n) is 9.89. The lowest BCUT2D eigenvalue weighted by Crippen LogP contribution is -2.44. The number of anilines is 1. The fourth-order valence-electron chi connectivity index (χ4n) is 2.60. The summed E-state index contributed by atoms with van der Waals surface area (Å²) in [5.41, 5.74) is 0.264. The van der Waals surface area contributed by atoms with E-state index in [1.165, 1.54) is 7.11 Å². The summed E-state index contributed by atoms with van der Waals surface area (Å²) in [4.78, 5) is 13.7. The molecule has 1 aromatic heterocycles. The van der Waals surface area contributed by atoms with E-state index in [9.17, 15) is 4.79 Å². The molecule has 18 heavy (non-hydrogen) atoms. The summed E-state index contributed by atoms with van der Waals surface area (Å²) in [5.74, 6) is 0.201. The van der Waals surface area contributed by atoms with Gasteiger partial charge in [0.1, 0.15) is 5.56 Å². The van der Waals surface area contributed by atoms with Crippen LogP contribution in [0.5, 0.6) is 0 Å². The Balaban J connectivity index is 1.91. The fourth-order valence-corrected chi connectivity index (χ4v) is 2.77. The van der Waals surface area contributed by atoms with Gasteiger partial charge in [0.25, 0.3) is 0 Å². The molecule has 7 heteroatoms. The van der Waals surface area contributed by atoms with Crippen LogP contribution >= 0.6 is 11.6 Å². The zero-order chi connectivity index (χ0) is 12.7. The van der Waals surface area contributed by atoms with Crippen LogP contribution in [0.1, 0.15) is 16.8 Å². The summed E-state index contributed by atoms with van der Waals surface area (Å²) < 4.78 is 4.67. The van der Waals surface area contributed by atoms with Gasteiger partial charge in [-0.3, -0.25) is 0 Å². The van der Waals surface area contributed by atoms with Gasteiger partial charge >= 0.3 is 5.97 Å².